The van der Waals surface area contributed by atoms with Gasteiger partial charge in [-0.05, 0) is 53.0 Å². The van der Waals surface area contributed by atoms with E-state index in [-0.39, 0.29) is 0 Å². The average Bonchev–Trinajstić information content (AvgIpc) is 2.33. The second-order valence-electron chi connectivity index (χ2n) is 4.01. The predicted octanol–water partition coefficient (Wildman–Crippen LogP) is 3.47. The molecule has 2 rings (SSSR count). The Balaban J connectivity index is 2.02. The Bertz CT molecular complexity index is 509. The molecule has 3 nitrogen and oxygen atoms in total. The number of nitrogens with zero attached hydrogens (tertiary/aromatic N) is 2. The molecule has 0 aliphatic heterocycles. The Kier molecular flexibility index (Phi) is 3.74. The van der Waals surface area contributed by atoms with Crippen molar-refractivity contribution in [2.75, 3.05) is 5.32 Å². The maximum Gasteiger partial charge on any atom is 0.109 e. The minimum Gasteiger partial charge on any atom is -0.378 e. The van der Waals surface area contributed by atoms with Crippen LogP contribution in [0, 0.1) is 13.8 Å². The van der Waals surface area contributed by atoms with Crippen LogP contribution >= 0.6 is 15.9 Å². The fourth-order valence-electron chi connectivity index (χ4n) is 1.45. The summed E-state index contributed by atoms with van der Waals surface area (Å²) in [5, 5.41) is 3.30. The molecule has 0 bridgehead atoms. The highest BCUT2D eigenvalue weighted by Gasteiger charge is 1.99. The molecule has 0 atom stereocenters. The lowest BCUT2D eigenvalue weighted by Gasteiger charge is -2.07. The second kappa shape index (κ2) is 5.27. The van der Waals surface area contributed by atoms with E-state index in [4.69, 9.17) is 0 Å². The van der Waals surface area contributed by atoms with E-state index in [1.165, 1.54) is 5.56 Å². The summed E-state index contributed by atoms with van der Waals surface area (Å²) in [6, 6.07) is 6.15. The molecule has 0 aliphatic carbocycles. The quantitative estimate of drug-likeness (QED) is 0.880. The van der Waals surface area contributed by atoms with Crippen molar-refractivity contribution < 1.29 is 0 Å². The lowest BCUT2D eigenvalue weighted by atomic mass is 10.2. The van der Waals surface area contributed by atoms with Gasteiger partial charge in [0.15, 0.2) is 0 Å². The van der Waals surface area contributed by atoms with E-state index < -0.39 is 0 Å². The molecular weight excluding hydrogens is 278 g/mol. The van der Waals surface area contributed by atoms with Crippen LogP contribution in [0.25, 0.3) is 0 Å². The lowest BCUT2D eigenvalue weighted by Crippen LogP contribution is -2.02. The van der Waals surface area contributed by atoms with Gasteiger partial charge in [0.2, 0.25) is 0 Å². The smallest absolute Gasteiger partial charge is 0.109 e. The van der Waals surface area contributed by atoms with Gasteiger partial charge in [-0.2, -0.15) is 0 Å². The summed E-state index contributed by atoms with van der Waals surface area (Å²) in [7, 11) is 0. The zero-order valence-corrected chi connectivity index (χ0v) is 11.5. The van der Waals surface area contributed by atoms with E-state index >= 15 is 0 Å². The van der Waals surface area contributed by atoms with Crippen LogP contribution in [-0.2, 0) is 6.54 Å². The zero-order valence-electron chi connectivity index (χ0n) is 9.87. The molecule has 2 aromatic rings. The number of hydrogen-bond acceptors (Lipinski definition) is 3. The van der Waals surface area contributed by atoms with Gasteiger partial charge in [-0.25, -0.2) is 4.98 Å². The zero-order chi connectivity index (χ0) is 12.3. The summed E-state index contributed by atoms with van der Waals surface area (Å²) in [5.74, 6) is 0. The average molecular weight is 292 g/mol. The molecule has 4 heteroatoms. The van der Waals surface area contributed by atoms with Crippen molar-refractivity contribution in [3.63, 3.8) is 0 Å². The van der Waals surface area contributed by atoms with E-state index in [1.54, 1.807) is 0 Å². The largest absolute Gasteiger partial charge is 0.378 e. The molecule has 2 aromatic heterocycles. The predicted molar refractivity (Wildman–Crippen MR) is 73.0 cm³/mol. The van der Waals surface area contributed by atoms with Gasteiger partial charge >= 0.3 is 0 Å². The fourth-order valence-corrected chi connectivity index (χ4v) is 1.67. The molecule has 0 saturated carbocycles. The Morgan fingerprint density at radius 2 is 2.00 bits per heavy atom. The van der Waals surface area contributed by atoms with Crippen molar-refractivity contribution in [3.05, 3.63) is 52.0 Å². The van der Waals surface area contributed by atoms with E-state index in [2.05, 4.69) is 43.3 Å². The van der Waals surface area contributed by atoms with Crippen LogP contribution in [0.5, 0.6) is 0 Å². The Morgan fingerprint density at radius 3 is 2.65 bits per heavy atom. The van der Waals surface area contributed by atoms with E-state index in [0.29, 0.717) is 6.54 Å². The normalized spacial score (nSPS) is 10.3. The van der Waals surface area contributed by atoms with E-state index in [0.717, 1.165) is 21.5 Å². The van der Waals surface area contributed by atoms with Crippen LogP contribution in [0.4, 0.5) is 5.69 Å². The number of pyridine rings is 2. The van der Waals surface area contributed by atoms with Gasteiger partial charge in [-0.1, -0.05) is 6.07 Å². The van der Waals surface area contributed by atoms with Crippen molar-refractivity contribution in [1.82, 2.24) is 9.97 Å². The monoisotopic (exact) mass is 291 g/mol. The molecule has 17 heavy (non-hydrogen) atoms. The molecule has 0 aliphatic rings. The molecule has 0 amide bonds. The van der Waals surface area contributed by atoms with E-state index in [9.17, 15) is 0 Å². The minimum atomic E-state index is 0.711. The van der Waals surface area contributed by atoms with Gasteiger partial charge in [0.25, 0.3) is 0 Å². The van der Waals surface area contributed by atoms with Gasteiger partial charge in [0, 0.05) is 6.20 Å². The topological polar surface area (TPSA) is 37.8 Å². The number of aromatic nitrogens is 2. The lowest BCUT2D eigenvalue weighted by molar-refractivity contribution is 1.03. The van der Waals surface area contributed by atoms with Gasteiger partial charge in [0.05, 0.1) is 24.1 Å². The first-order valence-corrected chi connectivity index (χ1v) is 6.22. The van der Waals surface area contributed by atoms with E-state index in [1.807, 2.05) is 32.3 Å². The van der Waals surface area contributed by atoms with Crippen molar-refractivity contribution >= 4 is 21.6 Å². The molecule has 0 fully saturated rings. The summed E-state index contributed by atoms with van der Waals surface area (Å²) in [6.07, 6.45) is 3.69. The summed E-state index contributed by atoms with van der Waals surface area (Å²) in [4.78, 5) is 8.58. The molecule has 0 saturated heterocycles. The first-order chi connectivity index (χ1) is 8.15. The Labute approximate surface area is 109 Å². The summed E-state index contributed by atoms with van der Waals surface area (Å²) >= 11 is 3.38. The van der Waals surface area contributed by atoms with Crippen LogP contribution < -0.4 is 5.32 Å². The maximum absolute atomic E-state index is 4.34. The summed E-state index contributed by atoms with van der Waals surface area (Å²) in [6.45, 7) is 4.77. The number of anilines is 1. The number of hydrogen-bond donors (Lipinski definition) is 1. The number of nitrogens with one attached hydrogen (secondary N) is 1. The van der Waals surface area contributed by atoms with Gasteiger partial charge in [-0.15, -0.1) is 0 Å². The Hall–Kier alpha value is -1.42. The van der Waals surface area contributed by atoms with Crippen LogP contribution in [0.2, 0.25) is 0 Å². The van der Waals surface area contributed by atoms with Crippen LogP contribution in [-0.4, -0.2) is 9.97 Å². The SMILES string of the molecule is Cc1ccc(CNc2cnc(Br)c(C)c2)nc1. The highest BCUT2D eigenvalue weighted by Crippen LogP contribution is 2.17. The number of halogens is 1. The van der Waals surface area contributed by atoms with Crippen molar-refractivity contribution in [1.29, 1.82) is 0 Å². The molecule has 1 N–H and O–H groups in total. The molecular formula is C13H14BrN3. The standard InChI is InChI=1S/C13H14BrN3/c1-9-3-4-11(15-6-9)7-16-12-5-10(2)13(14)17-8-12/h3-6,8,16H,7H2,1-2H3. The third-order valence-corrected chi connectivity index (χ3v) is 3.29. The third kappa shape index (κ3) is 3.27. The van der Waals surface area contributed by atoms with Crippen molar-refractivity contribution in [3.8, 4) is 0 Å². The molecule has 0 spiro atoms. The highest BCUT2D eigenvalue weighted by atomic mass is 79.9. The number of rotatable bonds is 3. The summed E-state index contributed by atoms with van der Waals surface area (Å²) in [5.41, 5.74) is 4.33. The fraction of sp³-hybridized carbons (Fsp3) is 0.231. The maximum atomic E-state index is 4.34. The Morgan fingerprint density at radius 1 is 1.18 bits per heavy atom. The first kappa shape index (κ1) is 12.0. The van der Waals surface area contributed by atoms with Gasteiger partial charge < -0.3 is 5.32 Å². The van der Waals surface area contributed by atoms with Crippen LogP contribution in [0.15, 0.2) is 35.2 Å². The highest BCUT2D eigenvalue weighted by molar-refractivity contribution is 9.10. The molecule has 88 valence electrons. The molecule has 0 radical (unpaired) electrons. The molecule has 0 aromatic carbocycles. The molecule has 2 heterocycles. The van der Waals surface area contributed by atoms with Crippen molar-refractivity contribution in [2.24, 2.45) is 0 Å². The van der Waals surface area contributed by atoms with Crippen molar-refractivity contribution in [2.45, 2.75) is 20.4 Å². The number of aryl methyl sites for hydroxylation is 2. The van der Waals surface area contributed by atoms with Crippen LogP contribution in [0.1, 0.15) is 16.8 Å². The second-order valence-corrected chi connectivity index (χ2v) is 4.76. The minimum absolute atomic E-state index is 0.711. The van der Waals surface area contributed by atoms with Crippen LogP contribution in [0.3, 0.4) is 0 Å². The van der Waals surface area contributed by atoms with Gasteiger partial charge in [-0.3, -0.25) is 4.98 Å². The first-order valence-electron chi connectivity index (χ1n) is 5.43. The molecule has 0 unspecified atom stereocenters. The van der Waals surface area contributed by atoms with Gasteiger partial charge in [0.1, 0.15) is 4.60 Å². The third-order valence-electron chi connectivity index (χ3n) is 2.46. The summed E-state index contributed by atoms with van der Waals surface area (Å²) < 4.78 is 0.886.